The molecule has 2 aromatic heterocycles. The Balaban J connectivity index is 1.67. The monoisotopic (exact) mass is 442 g/mol. The summed E-state index contributed by atoms with van der Waals surface area (Å²) in [6.07, 6.45) is 0.662. The van der Waals surface area contributed by atoms with Gasteiger partial charge in [-0.1, -0.05) is 46.8 Å². The van der Waals surface area contributed by atoms with Gasteiger partial charge in [-0.2, -0.15) is 0 Å². The first-order chi connectivity index (χ1) is 14.9. The molecule has 0 N–H and O–H groups in total. The van der Waals surface area contributed by atoms with Gasteiger partial charge in [-0.25, -0.2) is 13.8 Å². The fraction of sp³-hybridized carbons (Fsp3) is 0.227. The first kappa shape index (κ1) is 21.1. The molecule has 4 rings (SSSR count). The number of rotatable bonds is 7. The van der Waals surface area contributed by atoms with Crippen molar-refractivity contribution in [3.8, 4) is 11.3 Å². The van der Waals surface area contributed by atoms with Crippen LogP contribution < -0.4 is 4.90 Å². The number of carbonyl (C=O) groups is 1. The van der Waals surface area contributed by atoms with Crippen LogP contribution in [0.5, 0.6) is 0 Å². The molecule has 1 amide bonds. The van der Waals surface area contributed by atoms with Crippen LogP contribution in [0.4, 0.5) is 13.9 Å². The molecule has 0 saturated heterocycles. The van der Waals surface area contributed by atoms with Gasteiger partial charge in [0.1, 0.15) is 11.3 Å². The minimum atomic E-state index is -0.758. The third-order valence-corrected chi connectivity index (χ3v) is 5.68. The number of aromatic nitrogens is 2. The van der Waals surface area contributed by atoms with Crippen molar-refractivity contribution in [2.24, 2.45) is 0 Å². The SMILES string of the molecule is CN(C)CCCN(C(=O)c1cc(-c2ccccc2)on1)c1nc2c(F)cc(F)cc2s1. The smallest absolute Gasteiger partial charge is 0.282 e. The molecule has 31 heavy (non-hydrogen) atoms. The first-order valence-electron chi connectivity index (χ1n) is 9.66. The molecule has 0 bridgehead atoms. The molecule has 2 aromatic carbocycles. The lowest BCUT2D eigenvalue weighted by atomic mass is 10.1. The zero-order valence-corrected chi connectivity index (χ0v) is 17.8. The Morgan fingerprint density at radius 1 is 1.10 bits per heavy atom. The van der Waals surface area contributed by atoms with Gasteiger partial charge in [0.05, 0.1) is 4.70 Å². The second-order valence-corrected chi connectivity index (χ2v) is 8.30. The molecule has 9 heteroatoms. The number of hydrogen-bond donors (Lipinski definition) is 0. The number of nitrogens with zero attached hydrogens (tertiary/aromatic N) is 4. The zero-order chi connectivity index (χ0) is 22.0. The summed E-state index contributed by atoms with van der Waals surface area (Å²) in [5.74, 6) is -1.39. The Hall–Kier alpha value is -3.17. The van der Waals surface area contributed by atoms with E-state index < -0.39 is 17.5 Å². The fourth-order valence-electron chi connectivity index (χ4n) is 3.14. The van der Waals surface area contributed by atoms with E-state index in [1.807, 2.05) is 49.3 Å². The van der Waals surface area contributed by atoms with Gasteiger partial charge in [-0.3, -0.25) is 9.69 Å². The van der Waals surface area contributed by atoms with Crippen molar-refractivity contribution in [2.75, 3.05) is 32.1 Å². The Morgan fingerprint density at radius 3 is 2.61 bits per heavy atom. The summed E-state index contributed by atoms with van der Waals surface area (Å²) in [7, 11) is 3.87. The predicted octanol–water partition coefficient (Wildman–Crippen LogP) is 4.83. The van der Waals surface area contributed by atoms with Gasteiger partial charge >= 0.3 is 0 Å². The molecule has 0 spiro atoms. The van der Waals surface area contributed by atoms with Gasteiger partial charge in [-0.15, -0.1) is 0 Å². The van der Waals surface area contributed by atoms with Crippen LogP contribution in [-0.2, 0) is 0 Å². The number of thiazole rings is 1. The Labute approximate surface area is 181 Å². The number of amides is 1. The predicted molar refractivity (Wildman–Crippen MR) is 116 cm³/mol. The highest BCUT2D eigenvalue weighted by atomic mass is 32.1. The second kappa shape index (κ2) is 8.91. The van der Waals surface area contributed by atoms with Crippen molar-refractivity contribution < 1.29 is 18.1 Å². The molecular formula is C22H20F2N4O2S. The van der Waals surface area contributed by atoms with Crippen molar-refractivity contribution in [1.82, 2.24) is 15.0 Å². The van der Waals surface area contributed by atoms with E-state index in [0.717, 1.165) is 29.5 Å². The lowest BCUT2D eigenvalue weighted by Crippen LogP contribution is -2.33. The number of benzene rings is 2. The van der Waals surface area contributed by atoms with Crippen molar-refractivity contribution in [3.63, 3.8) is 0 Å². The normalized spacial score (nSPS) is 11.4. The Kier molecular flexibility index (Phi) is 6.06. The quantitative estimate of drug-likeness (QED) is 0.410. The molecule has 0 saturated carbocycles. The van der Waals surface area contributed by atoms with Gasteiger partial charge in [-0.05, 0) is 33.1 Å². The molecule has 0 fully saturated rings. The minimum absolute atomic E-state index is 0.0388. The first-order valence-corrected chi connectivity index (χ1v) is 10.5. The van der Waals surface area contributed by atoms with E-state index in [2.05, 4.69) is 10.1 Å². The van der Waals surface area contributed by atoms with Gasteiger partial charge in [0.15, 0.2) is 22.4 Å². The van der Waals surface area contributed by atoms with Gasteiger partial charge in [0.2, 0.25) is 0 Å². The van der Waals surface area contributed by atoms with Crippen LogP contribution in [-0.4, -0.2) is 48.1 Å². The van der Waals surface area contributed by atoms with E-state index in [-0.39, 0.29) is 16.3 Å². The molecule has 0 atom stereocenters. The summed E-state index contributed by atoms with van der Waals surface area (Å²) < 4.78 is 33.5. The maximum absolute atomic E-state index is 14.2. The molecule has 160 valence electrons. The standard InChI is InChI=1S/C22H20F2N4O2S/c1-27(2)9-6-10-28(22-25-20-16(24)11-15(23)12-19(20)31-22)21(29)17-13-18(30-26-17)14-7-4-3-5-8-14/h3-5,7-8,11-13H,6,9-10H2,1-2H3. The highest BCUT2D eigenvalue weighted by molar-refractivity contribution is 7.22. The lowest BCUT2D eigenvalue weighted by Gasteiger charge is -2.19. The largest absolute Gasteiger partial charge is 0.355 e. The van der Waals surface area contributed by atoms with Gasteiger partial charge < -0.3 is 9.42 Å². The van der Waals surface area contributed by atoms with Crippen molar-refractivity contribution in [1.29, 1.82) is 0 Å². The van der Waals surface area contributed by atoms with E-state index in [0.29, 0.717) is 23.4 Å². The Bertz CT molecular complexity index is 1210. The van der Waals surface area contributed by atoms with Crippen LogP contribution in [0.15, 0.2) is 53.1 Å². The molecule has 4 aromatic rings. The number of halogens is 2. The Morgan fingerprint density at radius 2 is 1.87 bits per heavy atom. The third-order valence-electron chi connectivity index (χ3n) is 4.65. The van der Waals surface area contributed by atoms with Crippen molar-refractivity contribution in [2.45, 2.75) is 6.42 Å². The zero-order valence-electron chi connectivity index (χ0n) is 17.0. The third kappa shape index (κ3) is 4.62. The molecule has 6 nitrogen and oxygen atoms in total. The van der Waals surface area contributed by atoms with Gasteiger partial charge in [0.25, 0.3) is 5.91 Å². The molecular weight excluding hydrogens is 422 g/mol. The van der Waals surface area contributed by atoms with E-state index in [9.17, 15) is 13.6 Å². The van der Waals surface area contributed by atoms with Crippen LogP contribution >= 0.6 is 11.3 Å². The fourth-order valence-corrected chi connectivity index (χ4v) is 4.17. The maximum Gasteiger partial charge on any atom is 0.282 e. The highest BCUT2D eigenvalue weighted by Crippen LogP contribution is 2.32. The minimum Gasteiger partial charge on any atom is -0.355 e. The average Bonchev–Trinajstić information content (AvgIpc) is 3.39. The van der Waals surface area contributed by atoms with Gasteiger partial charge in [0, 0.05) is 24.2 Å². The topological polar surface area (TPSA) is 62.5 Å². The molecule has 0 unspecified atom stereocenters. The number of hydrogen-bond acceptors (Lipinski definition) is 6. The molecule has 0 aliphatic rings. The average molecular weight is 442 g/mol. The summed E-state index contributed by atoms with van der Waals surface area (Å²) in [6, 6.07) is 12.9. The van der Waals surface area contributed by atoms with Crippen molar-refractivity contribution >= 4 is 32.6 Å². The number of fused-ring (bicyclic) bond motifs is 1. The maximum atomic E-state index is 14.2. The van der Waals surface area contributed by atoms with Crippen LogP contribution in [0.25, 0.3) is 21.5 Å². The summed E-state index contributed by atoms with van der Waals surface area (Å²) in [4.78, 5) is 21.0. The van der Waals surface area contributed by atoms with Crippen LogP contribution in [0, 0.1) is 11.6 Å². The molecule has 0 radical (unpaired) electrons. The van der Waals surface area contributed by atoms with Crippen molar-refractivity contribution in [3.05, 3.63) is 65.9 Å². The van der Waals surface area contributed by atoms with Crippen LogP contribution in [0.3, 0.4) is 0 Å². The van der Waals surface area contributed by atoms with E-state index >= 15 is 0 Å². The molecule has 0 aliphatic carbocycles. The summed E-state index contributed by atoms with van der Waals surface area (Å²) in [5, 5.41) is 4.22. The van der Waals surface area contributed by atoms with E-state index in [1.165, 1.54) is 11.0 Å². The lowest BCUT2D eigenvalue weighted by molar-refractivity contribution is 0.0977. The number of carbonyl (C=O) groups excluding carboxylic acids is 1. The highest BCUT2D eigenvalue weighted by Gasteiger charge is 2.25. The summed E-state index contributed by atoms with van der Waals surface area (Å²) in [5.41, 5.74) is 0.956. The van der Waals surface area contributed by atoms with E-state index in [4.69, 9.17) is 4.52 Å². The van der Waals surface area contributed by atoms with Crippen LogP contribution in [0.1, 0.15) is 16.9 Å². The van der Waals surface area contributed by atoms with Crippen LogP contribution in [0.2, 0.25) is 0 Å². The van der Waals surface area contributed by atoms with E-state index in [1.54, 1.807) is 6.07 Å². The number of anilines is 1. The summed E-state index contributed by atoms with van der Waals surface area (Å²) >= 11 is 1.06. The molecule has 0 aliphatic heterocycles. The second-order valence-electron chi connectivity index (χ2n) is 7.29. The molecule has 2 heterocycles. The summed E-state index contributed by atoms with van der Waals surface area (Å²) in [6.45, 7) is 1.08.